The van der Waals surface area contributed by atoms with E-state index in [-0.39, 0.29) is 0 Å². The summed E-state index contributed by atoms with van der Waals surface area (Å²) in [6.07, 6.45) is 13.9. The van der Waals surface area contributed by atoms with Crippen LogP contribution in [0, 0.1) is 0 Å². The lowest BCUT2D eigenvalue weighted by Gasteiger charge is -2.29. The lowest BCUT2D eigenvalue weighted by Crippen LogP contribution is -2.37. The van der Waals surface area contributed by atoms with Crippen molar-refractivity contribution in [3.05, 3.63) is 47.0 Å². The summed E-state index contributed by atoms with van der Waals surface area (Å²) < 4.78 is 0. The number of rotatable bonds is 5. The molecule has 2 aliphatic carbocycles. The number of hydrogen-bond donors (Lipinski definition) is 2. The van der Waals surface area contributed by atoms with E-state index in [4.69, 9.17) is 5.84 Å². The van der Waals surface area contributed by atoms with E-state index in [0.29, 0.717) is 12.0 Å². The van der Waals surface area contributed by atoms with Gasteiger partial charge in [-0.25, -0.2) is 0 Å². The first-order valence-corrected chi connectivity index (χ1v) is 8.58. The van der Waals surface area contributed by atoms with E-state index in [0.717, 1.165) is 6.42 Å². The van der Waals surface area contributed by atoms with Crippen molar-refractivity contribution < 1.29 is 0 Å². The van der Waals surface area contributed by atoms with E-state index >= 15 is 0 Å². The van der Waals surface area contributed by atoms with Gasteiger partial charge >= 0.3 is 0 Å². The largest absolute Gasteiger partial charge is 0.271 e. The van der Waals surface area contributed by atoms with Crippen LogP contribution in [0.25, 0.3) is 0 Å². The number of hydrogen-bond acceptors (Lipinski definition) is 2. The van der Waals surface area contributed by atoms with Gasteiger partial charge < -0.3 is 0 Å². The molecule has 0 aromatic heterocycles. The zero-order chi connectivity index (χ0) is 14.5. The Bertz CT molecular complexity index is 492. The summed E-state index contributed by atoms with van der Waals surface area (Å²) in [6.45, 7) is 0. The molecule has 2 unspecified atom stereocenters. The number of nitrogens with one attached hydrogen (secondary N) is 1. The van der Waals surface area contributed by atoms with Crippen LogP contribution in [-0.4, -0.2) is 6.04 Å². The highest BCUT2D eigenvalue weighted by molar-refractivity contribution is 5.32. The first-order valence-electron chi connectivity index (χ1n) is 8.58. The molecule has 0 bridgehead atoms. The van der Waals surface area contributed by atoms with Crippen molar-refractivity contribution in [3.8, 4) is 0 Å². The van der Waals surface area contributed by atoms with Crippen molar-refractivity contribution in [2.24, 2.45) is 5.84 Å². The fourth-order valence-corrected chi connectivity index (χ4v) is 4.06. The van der Waals surface area contributed by atoms with Crippen LogP contribution in [0.2, 0.25) is 0 Å². The quantitative estimate of drug-likeness (QED) is 0.482. The normalized spacial score (nSPS) is 23.3. The molecule has 0 aliphatic heterocycles. The van der Waals surface area contributed by atoms with Gasteiger partial charge in [-0.1, -0.05) is 35.9 Å². The minimum atomic E-state index is 0.422. The topological polar surface area (TPSA) is 38.0 Å². The molecule has 2 heteroatoms. The van der Waals surface area contributed by atoms with Gasteiger partial charge in [-0.05, 0) is 74.8 Å². The van der Waals surface area contributed by atoms with E-state index in [9.17, 15) is 0 Å². The zero-order valence-electron chi connectivity index (χ0n) is 13.0. The third kappa shape index (κ3) is 3.75. The molecule has 1 aromatic rings. The zero-order valence-corrected chi connectivity index (χ0v) is 13.0. The first kappa shape index (κ1) is 14.8. The summed E-state index contributed by atoms with van der Waals surface area (Å²) >= 11 is 0. The van der Waals surface area contributed by atoms with Crippen LogP contribution in [0.4, 0.5) is 0 Å². The molecule has 0 amide bonds. The maximum Gasteiger partial charge on any atom is 0.0253 e. The van der Waals surface area contributed by atoms with Gasteiger partial charge in [-0.15, -0.1) is 0 Å². The molecule has 2 atom stereocenters. The molecule has 0 fully saturated rings. The lowest BCUT2D eigenvalue weighted by atomic mass is 9.78. The summed E-state index contributed by atoms with van der Waals surface area (Å²) in [4.78, 5) is 0. The second-order valence-electron chi connectivity index (χ2n) is 6.70. The van der Waals surface area contributed by atoms with Crippen molar-refractivity contribution in [2.45, 2.75) is 69.7 Å². The minimum Gasteiger partial charge on any atom is -0.271 e. The Labute approximate surface area is 128 Å². The summed E-state index contributed by atoms with van der Waals surface area (Å²) in [5, 5.41) is 0. The summed E-state index contributed by atoms with van der Waals surface area (Å²) in [6, 6.07) is 9.41. The smallest absolute Gasteiger partial charge is 0.0253 e. The summed E-state index contributed by atoms with van der Waals surface area (Å²) in [5.74, 6) is 6.53. The average Bonchev–Trinajstić information content (AvgIpc) is 2.55. The van der Waals surface area contributed by atoms with Gasteiger partial charge in [0.25, 0.3) is 0 Å². The molecule has 3 rings (SSSR count). The van der Waals surface area contributed by atoms with Crippen LogP contribution in [0.5, 0.6) is 0 Å². The second kappa shape index (κ2) is 7.24. The van der Waals surface area contributed by atoms with Crippen LogP contribution in [0.1, 0.15) is 68.4 Å². The van der Waals surface area contributed by atoms with Crippen LogP contribution in [0.3, 0.4) is 0 Å². The van der Waals surface area contributed by atoms with Crippen molar-refractivity contribution in [3.63, 3.8) is 0 Å². The minimum absolute atomic E-state index is 0.422. The predicted octanol–water partition coefficient (Wildman–Crippen LogP) is 4.22. The highest BCUT2D eigenvalue weighted by Gasteiger charge is 2.23. The highest BCUT2D eigenvalue weighted by atomic mass is 15.2. The van der Waals surface area contributed by atoms with Gasteiger partial charge in [-0.3, -0.25) is 11.3 Å². The Kier molecular flexibility index (Phi) is 5.10. The molecule has 0 saturated heterocycles. The fourth-order valence-electron chi connectivity index (χ4n) is 4.06. The second-order valence-corrected chi connectivity index (χ2v) is 6.70. The Balaban J connectivity index is 1.66. The van der Waals surface area contributed by atoms with Crippen molar-refractivity contribution in [1.82, 2.24) is 5.43 Å². The first-order chi connectivity index (χ1) is 10.4. The number of fused-ring (bicyclic) bond motifs is 1. The third-order valence-corrected chi connectivity index (χ3v) is 5.19. The molecule has 0 spiro atoms. The van der Waals surface area contributed by atoms with Gasteiger partial charge in [0.1, 0.15) is 0 Å². The molecular weight excluding hydrogens is 256 g/mol. The van der Waals surface area contributed by atoms with Gasteiger partial charge in [0.15, 0.2) is 0 Å². The number of benzene rings is 1. The Morgan fingerprint density at radius 1 is 1.14 bits per heavy atom. The molecule has 2 nitrogen and oxygen atoms in total. The van der Waals surface area contributed by atoms with Gasteiger partial charge in [-0.2, -0.15) is 0 Å². The van der Waals surface area contributed by atoms with Gasteiger partial charge in [0, 0.05) is 6.04 Å². The molecule has 2 aliphatic rings. The van der Waals surface area contributed by atoms with Gasteiger partial charge in [0.2, 0.25) is 0 Å². The number of allylic oxidation sites excluding steroid dienone is 1. The molecular formula is C19H28N2. The molecule has 21 heavy (non-hydrogen) atoms. The highest BCUT2D eigenvalue weighted by Crippen LogP contribution is 2.35. The molecule has 1 aromatic carbocycles. The fraction of sp³-hybridized carbons (Fsp3) is 0.579. The van der Waals surface area contributed by atoms with E-state index < -0.39 is 0 Å². The predicted molar refractivity (Wildman–Crippen MR) is 89.0 cm³/mol. The van der Waals surface area contributed by atoms with Gasteiger partial charge in [0.05, 0.1) is 0 Å². The number of nitrogens with two attached hydrogens (primary N) is 1. The number of aryl methyl sites for hydroxylation is 1. The third-order valence-electron chi connectivity index (χ3n) is 5.19. The van der Waals surface area contributed by atoms with Crippen LogP contribution in [0.15, 0.2) is 35.9 Å². The van der Waals surface area contributed by atoms with Crippen LogP contribution in [-0.2, 0) is 6.42 Å². The number of hydrazine groups is 1. The average molecular weight is 284 g/mol. The Hall–Kier alpha value is -1.12. The summed E-state index contributed by atoms with van der Waals surface area (Å²) in [7, 11) is 0. The van der Waals surface area contributed by atoms with Crippen LogP contribution >= 0.6 is 0 Å². The molecule has 0 radical (unpaired) electrons. The SMILES string of the molecule is NNC(CC1=CCCCC1)CC1CCCc2ccccc21. The lowest BCUT2D eigenvalue weighted by molar-refractivity contribution is 0.408. The van der Waals surface area contributed by atoms with Crippen molar-refractivity contribution >= 4 is 0 Å². The van der Waals surface area contributed by atoms with Crippen molar-refractivity contribution in [2.75, 3.05) is 0 Å². The maximum atomic E-state index is 5.85. The van der Waals surface area contributed by atoms with Crippen LogP contribution < -0.4 is 11.3 Å². The molecule has 3 N–H and O–H groups in total. The Morgan fingerprint density at radius 2 is 2.05 bits per heavy atom. The summed E-state index contributed by atoms with van der Waals surface area (Å²) in [5.41, 5.74) is 7.83. The maximum absolute atomic E-state index is 5.85. The molecule has 114 valence electrons. The van der Waals surface area contributed by atoms with E-state index in [1.807, 2.05) is 0 Å². The van der Waals surface area contributed by atoms with E-state index in [2.05, 4.69) is 35.8 Å². The van der Waals surface area contributed by atoms with E-state index in [1.54, 1.807) is 16.7 Å². The molecule has 0 saturated carbocycles. The Morgan fingerprint density at radius 3 is 2.86 bits per heavy atom. The molecule has 0 heterocycles. The van der Waals surface area contributed by atoms with Crippen molar-refractivity contribution in [1.29, 1.82) is 0 Å². The monoisotopic (exact) mass is 284 g/mol. The van der Waals surface area contributed by atoms with E-state index in [1.165, 1.54) is 51.4 Å². The standard InChI is InChI=1S/C19H28N2/c20-21-18(13-15-7-2-1-3-8-15)14-17-11-6-10-16-9-4-5-12-19(16)17/h4-5,7,9,12,17-18,21H,1-3,6,8,10-11,13-14,20H2.